The van der Waals surface area contributed by atoms with Crippen molar-refractivity contribution >= 4 is 27.7 Å². The van der Waals surface area contributed by atoms with Gasteiger partial charge in [0.25, 0.3) is 0 Å². The highest BCUT2D eigenvalue weighted by atomic mass is 79.9. The van der Waals surface area contributed by atoms with Gasteiger partial charge >= 0.3 is 6.09 Å². The van der Waals surface area contributed by atoms with Crippen molar-refractivity contribution < 1.29 is 13.9 Å². The van der Waals surface area contributed by atoms with Crippen LogP contribution in [-0.4, -0.2) is 35.7 Å². The lowest BCUT2D eigenvalue weighted by Gasteiger charge is -2.29. The van der Waals surface area contributed by atoms with Gasteiger partial charge in [0.15, 0.2) is 0 Å². The Morgan fingerprint density at radius 2 is 2.23 bits per heavy atom. The normalized spacial score (nSPS) is 18.4. The Balaban J connectivity index is 1.93. The van der Waals surface area contributed by atoms with E-state index >= 15 is 0 Å². The van der Waals surface area contributed by atoms with Gasteiger partial charge in [0.2, 0.25) is 0 Å². The lowest BCUT2D eigenvalue weighted by Crippen LogP contribution is -2.42. The summed E-state index contributed by atoms with van der Waals surface area (Å²) in [5, 5.41) is 3.26. The molecule has 0 aliphatic carbocycles. The average Bonchev–Trinajstić information content (AvgIpc) is 2.87. The number of halogens is 2. The summed E-state index contributed by atoms with van der Waals surface area (Å²) >= 11 is 3.17. The molecule has 1 amide bonds. The van der Waals surface area contributed by atoms with Gasteiger partial charge in [0, 0.05) is 18.8 Å². The monoisotopic (exact) mass is 372 g/mol. The Kier molecular flexibility index (Phi) is 5.32. The molecule has 1 heterocycles. The highest BCUT2D eigenvalue weighted by molar-refractivity contribution is 9.10. The Labute approximate surface area is 139 Å². The molecule has 0 aromatic heterocycles. The third-order valence-electron chi connectivity index (χ3n) is 3.47. The minimum absolute atomic E-state index is 0.0960. The predicted octanol–water partition coefficient (Wildman–Crippen LogP) is 4.40. The average molecular weight is 373 g/mol. The van der Waals surface area contributed by atoms with Gasteiger partial charge in [-0.25, -0.2) is 9.18 Å². The van der Waals surface area contributed by atoms with E-state index in [1.165, 1.54) is 6.07 Å². The summed E-state index contributed by atoms with van der Waals surface area (Å²) in [4.78, 5) is 14.0. The maximum Gasteiger partial charge on any atom is 0.410 e. The molecule has 2 rings (SSSR count). The van der Waals surface area contributed by atoms with E-state index in [2.05, 4.69) is 21.2 Å². The van der Waals surface area contributed by atoms with Crippen LogP contribution in [0.2, 0.25) is 0 Å². The maximum atomic E-state index is 13.2. The molecule has 0 spiro atoms. The van der Waals surface area contributed by atoms with Crippen molar-refractivity contribution in [2.24, 2.45) is 0 Å². The Morgan fingerprint density at radius 3 is 2.86 bits per heavy atom. The molecule has 1 fully saturated rings. The van der Waals surface area contributed by atoms with Crippen molar-refractivity contribution in [2.45, 2.75) is 45.3 Å². The van der Waals surface area contributed by atoms with E-state index in [1.807, 2.05) is 20.8 Å². The summed E-state index contributed by atoms with van der Waals surface area (Å²) in [6.45, 7) is 6.94. The van der Waals surface area contributed by atoms with Crippen LogP contribution in [-0.2, 0) is 4.74 Å². The number of rotatable bonds is 3. The van der Waals surface area contributed by atoms with Crippen molar-refractivity contribution in [1.82, 2.24) is 4.90 Å². The van der Waals surface area contributed by atoms with Gasteiger partial charge in [-0.1, -0.05) is 0 Å². The summed E-state index contributed by atoms with van der Waals surface area (Å²) in [7, 11) is 0. The fourth-order valence-corrected chi connectivity index (χ4v) is 2.83. The number of ether oxygens (including phenoxy) is 1. The molecule has 1 aliphatic heterocycles. The zero-order valence-electron chi connectivity index (χ0n) is 13.2. The fourth-order valence-electron chi connectivity index (χ4n) is 2.45. The molecule has 1 saturated heterocycles. The summed E-state index contributed by atoms with van der Waals surface area (Å²) in [5.41, 5.74) is 0.337. The van der Waals surface area contributed by atoms with Gasteiger partial charge in [0.05, 0.1) is 10.5 Å². The summed E-state index contributed by atoms with van der Waals surface area (Å²) in [6, 6.07) is 4.89. The van der Waals surface area contributed by atoms with Crippen LogP contribution in [0.1, 0.15) is 33.6 Å². The molecule has 6 heteroatoms. The van der Waals surface area contributed by atoms with Crippen LogP contribution in [0.4, 0.5) is 14.9 Å². The Bertz CT molecular complexity index is 545. The first-order valence-electron chi connectivity index (χ1n) is 7.45. The van der Waals surface area contributed by atoms with E-state index in [4.69, 9.17) is 4.74 Å². The molecular formula is C16H22BrFN2O2. The number of carbonyl (C=O) groups excluding carboxylic acids is 1. The number of nitrogens with zero attached hydrogens (tertiary/aromatic N) is 1. The van der Waals surface area contributed by atoms with Crippen LogP contribution >= 0.6 is 15.9 Å². The standard InChI is InChI=1S/C16H22BrFN2O2/c1-16(2,3)22-15(21)20-8-4-5-12(20)10-19-11-6-7-14(18)13(17)9-11/h6-7,9,12,19H,4-5,8,10H2,1-3H3. The van der Waals surface area contributed by atoms with Gasteiger partial charge in [-0.05, 0) is 67.7 Å². The summed E-state index contributed by atoms with van der Waals surface area (Å²) in [5.74, 6) is -0.290. The first-order chi connectivity index (χ1) is 10.3. The van der Waals surface area contributed by atoms with Gasteiger partial charge < -0.3 is 15.0 Å². The second-order valence-corrected chi connectivity index (χ2v) is 7.33. The molecule has 1 atom stereocenters. The lowest BCUT2D eigenvalue weighted by atomic mass is 10.2. The van der Waals surface area contributed by atoms with Crippen molar-refractivity contribution in [2.75, 3.05) is 18.4 Å². The molecule has 4 nitrogen and oxygen atoms in total. The highest BCUT2D eigenvalue weighted by Crippen LogP contribution is 2.23. The van der Waals surface area contributed by atoms with E-state index in [1.54, 1.807) is 17.0 Å². The Hall–Kier alpha value is -1.30. The van der Waals surface area contributed by atoms with E-state index < -0.39 is 5.60 Å². The minimum atomic E-state index is -0.487. The van der Waals surface area contributed by atoms with Crippen LogP contribution in [0, 0.1) is 5.82 Å². The second kappa shape index (κ2) is 6.86. The highest BCUT2D eigenvalue weighted by Gasteiger charge is 2.31. The third-order valence-corrected chi connectivity index (χ3v) is 4.07. The molecular weight excluding hydrogens is 351 g/mol. The van der Waals surface area contributed by atoms with Gasteiger partial charge in [-0.3, -0.25) is 0 Å². The molecule has 0 saturated carbocycles. The zero-order chi connectivity index (χ0) is 16.3. The third kappa shape index (κ3) is 4.60. The van der Waals surface area contributed by atoms with Crippen LogP contribution < -0.4 is 5.32 Å². The number of hydrogen-bond donors (Lipinski definition) is 1. The first kappa shape index (κ1) is 17.1. The largest absolute Gasteiger partial charge is 0.444 e. The van der Waals surface area contributed by atoms with Crippen LogP contribution in [0.25, 0.3) is 0 Å². The van der Waals surface area contributed by atoms with Crippen molar-refractivity contribution in [3.05, 3.63) is 28.5 Å². The van der Waals surface area contributed by atoms with Gasteiger partial charge in [0.1, 0.15) is 11.4 Å². The number of anilines is 1. The SMILES string of the molecule is CC(C)(C)OC(=O)N1CCCC1CNc1ccc(F)c(Br)c1. The zero-order valence-corrected chi connectivity index (χ0v) is 14.7. The van der Waals surface area contributed by atoms with Crippen molar-refractivity contribution in [1.29, 1.82) is 0 Å². The smallest absolute Gasteiger partial charge is 0.410 e. The Morgan fingerprint density at radius 1 is 1.50 bits per heavy atom. The number of carbonyl (C=O) groups is 1. The molecule has 1 aromatic carbocycles. The number of amides is 1. The topological polar surface area (TPSA) is 41.6 Å². The van der Waals surface area contributed by atoms with Crippen LogP contribution in [0.3, 0.4) is 0 Å². The predicted molar refractivity (Wildman–Crippen MR) is 88.6 cm³/mol. The molecule has 22 heavy (non-hydrogen) atoms. The number of benzene rings is 1. The van der Waals surface area contributed by atoms with Gasteiger partial charge in [-0.15, -0.1) is 0 Å². The number of hydrogen-bond acceptors (Lipinski definition) is 3. The molecule has 1 N–H and O–H groups in total. The van der Waals surface area contributed by atoms with E-state index in [9.17, 15) is 9.18 Å². The molecule has 1 unspecified atom stereocenters. The van der Waals surface area contributed by atoms with Crippen molar-refractivity contribution in [3.8, 4) is 0 Å². The number of likely N-dealkylation sites (tertiary alicyclic amines) is 1. The summed E-state index contributed by atoms with van der Waals surface area (Å²) in [6.07, 6.45) is 1.64. The second-order valence-electron chi connectivity index (χ2n) is 6.48. The molecule has 1 aliphatic rings. The maximum absolute atomic E-state index is 13.2. The van der Waals surface area contributed by atoms with Crippen LogP contribution in [0.5, 0.6) is 0 Å². The molecule has 1 aromatic rings. The molecule has 0 radical (unpaired) electrons. The van der Waals surface area contributed by atoms with E-state index in [0.717, 1.165) is 18.5 Å². The summed E-state index contributed by atoms with van der Waals surface area (Å²) < 4.78 is 19.1. The molecule has 0 bridgehead atoms. The minimum Gasteiger partial charge on any atom is -0.444 e. The number of nitrogens with one attached hydrogen (secondary N) is 1. The van der Waals surface area contributed by atoms with E-state index in [0.29, 0.717) is 17.6 Å². The first-order valence-corrected chi connectivity index (χ1v) is 8.24. The van der Waals surface area contributed by atoms with Gasteiger partial charge in [-0.2, -0.15) is 0 Å². The van der Waals surface area contributed by atoms with Crippen molar-refractivity contribution in [3.63, 3.8) is 0 Å². The quantitative estimate of drug-likeness (QED) is 0.854. The lowest BCUT2D eigenvalue weighted by molar-refractivity contribution is 0.0235. The fraction of sp³-hybridized carbons (Fsp3) is 0.562. The van der Waals surface area contributed by atoms with Crippen LogP contribution in [0.15, 0.2) is 22.7 Å². The van der Waals surface area contributed by atoms with E-state index in [-0.39, 0.29) is 18.0 Å². The molecule has 122 valence electrons.